The van der Waals surface area contributed by atoms with Crippen LogP contribution in [0.2, 0.25) is 0 Å². The van der Waals surface area contributed by atoms with Crippen LogP contribution in [0.4, 0.5) is 8.78 Å². The highest BCUT2D eigenvalue weighted by atomic mass is 19.1. The number of hydrogen-bond donors (Lipinski definition) is 0. The van der Waals surface area contributed by atoms with Crippen LogP contribution in [0.3, 0.4) is 0 Å². The Morgan fingerprint density at radius 2 is 1.72 bits per heavy atom. The number of benzene rings is 2. The lowest BCUT2D eigenvalue weighted by Gasteiger charge is -2.31. The lowest BCUT2D eigenvalue weighted by atomic mass is 9.89. The second-order valence-corrected chi connectivity index (χ2v) is 7.47. The Bertz CT molecular complexity index is 1080. The van der Waals surface area contributed by atoms with Crippen LogP contribution in [0.15, 0.2) is 57.9 Å². The minimum atomic E-state index is -0.463. The molecule has 6 heteroatoms. The van der Waals surface area contributed by atoms with E-state index in [-0.39, 0.29) is 28.3 Å². The average Bonchev–Trinajstić information content (AvgIpc) is 2.74. The van der Waals surface area contributed by atoms with Gasteiger partial charge in [-0.05, 0) is 74.8 Å². The molecule has 2 heterocycles. The number of ketones is 1. The van der Waals surface area contributed by atoms with Gasteiger partial charge in [-0.2, -0.15) is 0 Å². The predicted octanol–water partition coefficient (Wildman–Crippen LogP) is 4.21. The maximum Gasteiger partial charge on any atom is 0.195 e. The van der Waals surface area contributed by atoms with Crippen LogP contribution < -0.4 is 5.43 Å². The summed E-state index contributed by atoms with van der Waals surface area (Å²) in [6.45, 7) is 2.18. The first-order chi connectivity index (χ1) is 14.0. The predicted molar refractivity (Wildman–Crippen MR) is 106 cm³/mol. The van der Waals surface area contributed by atoms with Crippen LogP contribution in [-0.4, -0.2) is 30.3 Å². The second-order valence-electron chi connectivity index (χ2n) is 7.47. The third-order valence-corrected chi connectivity index (χ3v) is 5.59. The Morgan fingerprint density at radius 3 is 2.45 bits per heavy atom. The molecule has 29 heavy (non-hydrogen) atoms. The van der Waals surface area contributed by atoms with Gasteiger partial charge in [0.2, 0.25) is 0 Å². The van der Waals surface area contributed by atoms with E-state index in [1.54, 1.807) is 0 Å². The Labute approximate surface area is 166 Å². The van der Waals surface area contributed by atoms with Gasteiger partial charge >= 0.3 is 0 Å². The number of carbonyl (C=O) groups excluding carboxylic acids is 1. The first-order valence-electron chi connectivity index (χ1n) is 9.73. The highest BCUT2D eigenvalue weighted by Crippen LogP contribution is 2.22. The zero-order valence-corrected chi connectivity index (χ0v) is 15.9. The van der Waals surface area contributed by atoms with Crippen molar-refractivity contribution in [3.8, 4) is 0 Å². The van der Waals surface area contributed by atoms with Crippen molar-refractivity contribution in [1.82, 2.24) is 4.90 Å². The van der Waals surface area contributed by atoms with Crippen molar-refractivity contribution in [1.29, 1.82) is 0 Å². The summed E-state index contributed by atoms with van der Waals surface area (Å²) >= 11 is 0. The summed E-state index contributed by atoms with van der Waals surface area (Å²) in [4.78, 5) is 27.3. The van der Waals surface area contributed by atoms with Gasteiger partial charge in [0, 0.05) is 23.6 Å². The number of nitrogens with zero attached hydrogens (tertiary/aromatic N) is 1. The Hall–Kier alpha value is -2.86. The monoisotopic (exact) mass is 397 g/mol. The van der Waals surface area contributed by atoms with Gasteiger partial charge in [-0.3, -0.25) is 9.59 Å². The van der Waals surface area contributed by atoms with E-state index in [9.17, 15) is 18.4 Å². The molecule has 0 aliphatic carbocycles. The maximum absolute atomic E-state index is 13.4. The van der Waals surface area contributed by atoms with E-state index in [1.807, 2.05) is 0 Å². The van der Waals surface area contributed by atoms with Crippen LogP contribution in [0.5, 0.6) is 0 Å². The zero-order chi connectivity index (χ0) is 20.4. The van der Waals surface area contributed by atoms with Crippen molar-refractivity contribution >= 4 is 16.8 Å². The van der Waals surface area contributed by atoms with E-state index in [0.717, 1.165) is 25.9 Å². The van der Waals surface area contributed by atoms with Gasteiger partial charge in [0.25, 0.3) is 0 Å². The van der Waals surface area contributed by atoms with Gasteiger partial charge in [0.05, 0.1) is 11.6 Å². The molecule has 0 saturated carbocycles. The number of Topliss-reactive ketones (excluding diaryl/α,β-unsaturated/α-hetero) is 1. The van der Waals surface area contributed by atoms with Gasteiger partial charge in [-0.1, -0.05) is 0 Å². The Morgan fingerprint density at radius 1 is 1.03 bits per heavy atom. The normalized spacial score (nSPS) is 15.7. The third-order valence-electron chi connectivity index (χ3n) is 5.59. The molecule has 1 aromatic heterocycles. The van der Waals surface area contributed by atoms with Gasteiger partial charge in [-0.15, -0.1) is 0 Å². The lowest BCUT2D eigenvalue weighted by molar-refractivity contribution is 0.0841. The summed E-state index contributed by atoms with van der Waals surface area (Å²) in [5.41, 5.74) is 1.24. The number of fused-ring (bicyclic) bond motifs is 1. The highest BCUT2D eigenvalue weighted by molar-refractivity contribution is 5.97. The molecule has 0 N–H and O–H groups in total. The Kier molecular flexibility index (Phi) is 5.53. The standard InChI is InChI=1S/C23H21F2NO3/c24-18-3-1-15(2-4-18)22(27)16-7-10-26(11-8-16)12-9-17-14-29-21-6-5-19(25)13-20(21)23(17)28/h1-6,13-14,16H,7-12H2. The van der Waals surface area contributed by atoms with Crippen molar-refractivity contribution in [2.75, 3.05) is 19.6 Å². The lowest BCUT2D eigenvalue weighted by Crippen LogP contribution is -2.37. The molecule has 1 aliphatic rings. The number of rotatable bonds is 5. The molecule has 1 fully saturated rings. The van der Waals surface area contributed by atoms with Gasteiger partial charge in [0.15, 0.2) is 11.2 Å². The van der Waals surface area contributed by atoms with E-state index in [1.165, 1.54) is 48.7 Å². The van der Waals surface area contributed by atoms with E-state index in [0.29, 0.717) is 29.7 Å². The molecule has 150 valence electrons. The minimum Gasteiger partial charge on any atom is -0.464 e. The largest absolute Gasteiger partial charge is 0.464 e. The van der Waals surface area contributed by atoms with Crippen LogP contribution in [0.1, 0.15) is 28.8 Å². The molecule has 3 aromatic rings. The number of hydrogen-bond acceptors (Lipinski definition) is 4. The zero-order valence-electron chi connectivity index (χ0n) is 15.9. The SMILES string of the molecule is O=C(c1ccc(F)cc1)C1CCN(CCc2coc3ccc(F)cc3c2=O)CC1. The topological polar surface area (TPSA) is 50.5 Å². The summed E-state index contributed by atoms with van der Waals surface area (Å²) in [6, 6.07) is 9.61. The van der Waals surface area contributed by atoms with Gasteiger partial charge in [-0.25, -0.2) is 8.78 Å². The molecule has 0 atom stereocenters. The molecule has 0 radical (unpaired) electrons. The summed E-state index contributed by atoms with van der Waals surface area (Å²) < 4.78 is 31.9. The molecule has 4 nitrogen and oxygen atoms in total. The molecule has 0 unspecified atom stereocenters. The number of carbonyl (C=O) groups is 1. The first kappa shape index (κ1) is 19.5. The fourth-order valence-corrected chi connectivity index (χ4v) is 3.86. The molecule has 0 amide bonds. The van der Waals surface area contributed by atoms with E-state index in [4.69, 9.17) is 4.42 Å². The van der Waals surface area contributed by atoms with Crippen molar-refractivity contribution in [2.45, 2.75) is 19.3 Å². The molecule has 1 aliphatic heterocycles. The number of piperidine rings is 1. The summed E-state index contributed by atoms with van der Waals surface area (Å²) in [5.74, 6) is -0.820. The molecular formula is C23H21F2NO3. The Balaban J connectivity index is 1.35. The summed E-state index contributed by atoms with van der Waals surface area (Å²) in [6.07, 6.45) is 3.42. The van der Waals surface area contributed by atoms with E-state index < -0.39 is 5.82 Å². The molecule has 0 bridgehead atoms. The average molecular weight is 397 g/mol. The molecule has 2 aromatic carbocycles. The molecule has 1 saturated heterocycles. The summed E-state index contributed by atoms with van der Waals surface area (Å²) in [5, 5.41) is 0.256. The van der Waals surface area contributed by atoms with Crippen LogP contribution >= 0.6 is 0 Å². The molecule has 0 spiro atoms. The third kappa shape index (κ3) is 4.27. The highest BCUT2D eigenvalue weighted by Gasteiger charge is 2.25. The second kappa shape index (κ2) is 8.25. The van der Waals surface area contributed by atoms with Crippen molar-refractivity contribution in [3.63, 3.8) is 0 Å². The van der Waals surface area contributed by atoms with Gasteiger partial charge in [0.1, 0.15) is 17.2 Å². The minimum absolute atomic E-state index is 0.0573. The fraction of sp³-hybridized carbons (Fsp3) is 0.304. The number of likely N-dealkylation sites (tertiary alicyclic amines) is 1. The smallest absolute Gasteiger partial charge is 0.195 e. The van der Waals surface area contributed by atoms with E-state index in [2.05, 4.69) is 4.90 Å². The van der Waals surface area contributed by atoms with Gasteiger partial charge < -0.3 is 9.32 Å². The van der Waals surface area contributed by atoms with Crippen LogP contribution in [-0.2, 0) is 6.42 Å². The van der Waals surface area contributed by atoms with Crippen molar-refractivity contribution in [3.05, 3.63) is 81.7 Å². The molecular weight excluding hydrogens is 376 g/mol. The van der Waals surface area contributed by atoms with Crippen molar-refractivity contribution in [2.24, 2.45) is 5.92 Å². The van der Waals surface area contributed by atoms with E-state index >= 15 is 0 Å². The van der Waals surface area contributed by atoms with Crippen molar-refractivity contribution < 1.29 is 18.0 Å². The molecule has 4 rings (SSSR count). The first-order valence-corrected chi connectivity index (χ1v) is 9.73. The number of halogens is 2. The summed E-state index contributed by atoms with van der Waals surface area (Å²) in [7, 11) is 0. The fourth-order valence-electron chi connectivity index (χ4n) is 3.86. The van der Waals surface area contributed by atoms with Crippen LogP contribution in [0.25, 0.3) is 11.0 Å². The maximum atomic E-state index is 13.4. The quantitative estimate of drug-likeness (QED) is 0.606. The van der Waals surface area contributed by atoms with Crippen LogP contribution in [0, 0.1) is 17.6 Å².